The van der Waals surface area contributed by atoms with Crippen LogP contribution in [0.4, 0.5) is 0 Å². The van der Waals surface area contributed by atoms with Crippen molar-refractivity contribution in [2.75, 3.05) is 18.0 Å². The van der Waals surface area contributed by atoms with E-state index in [-0.39, 0.29) is 5.91 Å². The average molecular weight is 254 g/mol. The van der Waals surface area contributed by atoms with Gasteiger partial charge in [0.2, 0.25) is 5.91 Å². The van der Waals surface area contributed by atoms with Gasteiger partial charge in [-0.1, -0.05) is 23.5 Å². The summed E-state index contributed by atoms with van der Waals surface area (Å²) in [5.74, 6) is 0.927. The number of carbonyl (C=O) groups excluding carboxylic acids is 1. The van der Waals surface area contributed by atoms with E-state index in [4.69, 9.17) is 0 Å². The van der Waals surface area contributed by atoms with Crippen molar-refractivity contribution in [1.29, 1.82) is 0 Å². The molecule has 0 unspecified atom stereocenters. The van der Waals surface area contributed by atoms with Crippen LogP contribution in [0.1, 0.15) is 6.92 Å². The lowest BCUT2D eigenvalue weighted by molar-refractivity contribution is -0.126. The molecule has 0 bridgehead atoms. The van der Waals surface area contributed by atoms with Crippen molar-refractivity contribution < 1.29 is 13.2 Å². The maximum Gasteiger partial charge on any atom is 0.251 e. The molecule has 1 aliphatic heterocycles. The fourth-order valence-electron chi connectivity index (χ4n) is 0.715. The summed E-state index contributed by atoms with van der Waals surface area (Å²) in [5.41, 5.74) is 0. The van der Waals surface area contributed by atoms with Gasteiger partial charge in [0.1, 0.15) is 4.38 Å². The summed E-state index contributed by atoms with van der Waals surface area (Å²) in [6, 6.07) is 0. The van der Waals surface area contributed by atoms with Crippen molar-refractivity contribution in [3.05, 3.63) is 0 Å². The zero-order valence-electron chi connectivity index (χ0n) is 7.76. The Labute approximate surface area is 91.4 Å². The van der Waals surface area contributed by atoms with Crippen LogP contribution in [-0.4, -0.2) is 41.6 Å². The number of hydrogen-bond acceptors (Lipinski definition) is 5. The van der Waals surface area contributed by atoms with E-state index in [1.807, 2.05) is 0 Å². The second kappa shape index (κ2) is 4.54. The van der Waals surface area contributed by atoms with Crippen LogP contribution in [0.2, 0.25) is 0 Å². The molecule has 0 saturated carbocycles. The number of sulfonamides is 1. The van der Waals surface area contributed by atoms with Gasteiger partial charge in [-0.05, 0) is 0 Å². The monoisotopic (exact) mass is 254 g/mol. The molecule has 0 radical (unpaired) electrons. The van der Waals surface area contributed by atoms with Crippen LogP contribution in [0.3, 0.4) is 0 Å². The molecule has 0 aromatic heterocycles. The first-order valence-electron chi connectivity index (χ1n) is 3.69. The van der Waals surface area contributed by atoms with Gasteiger partial charge in [-0.3, -0.25) is 4.79 Å². The van der Waals surface area contributed by atoms with Crippen LogP contribution in [0, 0.1) is 0 Å². The zero-order valence-corrected chi connectivity index (χ0v) is 10.2. The Bertz CT molecular complexity index is 353. The molecule has 5 nitrogen and oxygen atoms in total. The zero-order chi connectivity index (χ0) is 10.8. The molecular formula is C6H10N2O3S3. The summed E-state index contributed by atoms with van der Waals surface area (Å²) in [5, 5.41) is 0. The number of carbonyl (C=O) groups is 1. The highest BCUT2D eigenvalue weighted by atomic mass is 32.2. The quantitative estimate of drug-likeness (QED) is 0.683. The second-order valence-electron chi connectivity index (χ2n) is 2.70. The van der Waals surface area contributed by atoms with Crippen LogP contribution in [-0.2, 0) is 14.8 Å². The van der Waals surface area contributed by atoms with Crippen LogP contribution in [0.15, 0.2) is 4.40 Å². The molecule has 0 aromatic rings. The number of nitrogens with zero attached hydrogens (tertiary/aromatic N) is 2. The molecule has 14 heavy (non-hydrogen) atoms. The predicted molar refractivity (Wildman–Crippen MR) is 59.7 cm³/mol. The first kappa shape index (κ1) is 11.9. The first-order chi connectivity index (χ1) is 6.38. The smallest absolute Gasteiger partial charge is 0.251 e. The van der Waals surface area contributed by atoms with Crippen molar-refractivity contribution in [3.8, 4) is 0 Å². The average Bonchev–Trinajstić information content (AvgIpc) is 2.02. The molecule has 8 heteroatoms. The number of amides is 1. The molecule has 0 aliphatic carbocycles. The minimum Gasteiger partial charge on any atom is -0.324 e. The number of rotatable bonds is 1. The fraction of sp³-hybridized carbons (Fsp3) is 0.667. The Hall–Kier alpha value is -0.210. The lowest BCUT2D eigenvalue weighted by Gasteiger charge is -2.24. The van der Waals surface area contributed by atoms with Gasteiger partial charge in [0.05, 0.1) is 18.0 Å². The van der Waals surface area contributed by atoms with E-state index in [2.05, 4.69) is 4.40 Å². The Morgan fingerprint density at radius 1 is 1.43 bits per heavy atom. The van der Waals surface area contributed by atoms with E-state index in [1.165, 1.54) is 30.4 Å². The van der Waals surface area contributed by atoms with Crippen LogP contribution in [0.5, 0.6) is 0 Å². The molecule has 1 amide bonds. The maximum absolute atomic E-state index is 10.9. The van der Waals surface area contributed by atoms with Gasteiger partial charge < -0.3 is 4.90 Å². The van der Waals surface area contributed by atoms with E-state index in [9.17, 15) is 13.2 Å². The topological polar surface area (TPSA) is 66.8 Å². The van der Waals surface area contributed by atoms with Gasteiger partial charge in [-0.15, -0.1) is 4.40 Å². The van der Waals surface area contributed by atoms with Crippen LogP contribution >= 0.6 is 23.5 Å². The highest BCUT2D eigenvalue weighted by Crippen LogP contribution is 2.26. The van der Waals surface area contributed by atoms with Gasteiger partial charge >= 0.3 is 0 Å². The van der Waals surface area contributed by atoms with Crippen molar-refractivity contribution in [2.45, 2.75) is 6.92 Å². The standard InChI is InChI=1S/C6H10N2O3S3/c1-5(9)8-3-12-6(13-4-8)7-14(2,10)11/h3-4H2,1-2H3. The number of thioether (sulfide) groups is 2. The SMILES string of the molecule is CC(=O)N1CSC(=NS(C)(=O)=O)SC1. The molecule has 0 atom stereocenters. The summed E-state index contributed by atoms with van der Waals surface area (Å²) in [7, 11) is -3.32. The largest absolute Gasteiger partial charge is 0.324 e. The molecule has 1 aliphatic rings. The molecular weight excluding hydrogens is 244 g/mol. The van der Waals surface area contributed by atoms with E-state index < -0.39 is 10.0 Å². The van der Waals surface area contributed by atoms with E-state index in [1.54, 1.807) is 4.90 Å². The van der Waals surface area contributed by atoms with Crippen LogP contribution < -0.4 is 0 Å². The molecule has 0 spiro atoms. The van der Waals surface area contributed by atoms with Gasteiger partial charge in [-0.2, -0.15) is 0 Å². The normalized spacial score (nSPS) is 18.1. The van der Waals surface area contributed by atoms with Crippen molar-refractivity contribution in [3.63, 3.8) is 0 Å². The van der Waals surface area contributed by atoms with E-state index in [0.717, 1.165) is 6.26 Å². The van der Waals surface area contributed by atoms with E-state index >= 15 is 0 Å². The fourth-order valence-corrected chi connectivity index (χ4v) is 4.06. The minimum absolute atomic E-state index is 0.0107. The molecule has 80 valence electrons. The summed E-state index contributed by atoms with van der Waals surface area (Å²) in [6.45, 7) is 1.49. The van der Waals surface area contributed by atoms with Crippen molar-refractivity contribution in [1.82, 2.24) is 4.90 Å². The first-order valence-corrected chi connectivity index (χ1v) is 7.51. The van der Waals surface area contributed by atoms with Gasteiger partial charge in [0.15, 0.2) is 0 Å². The molecule has 1 heterocycles. The third kappa shape index (κ3) is 3.89. The summed E-state index contributed by atoms with van der Waals surface area (Å²) < 4.78 is 25.7. The highest BCUT2D eigenvalue weighted by molar-refractivity contribution is 8.39. The van der Waals surface area contributed by atoms with Gasteiger partial charge in [0, 0.05) is 6.92 Å². The second-order valence-corrected chi connectivity index (χ2v) is 6.47. The predicted octanol–water partition coefficient (Wildman–Crippen LogP) is 0.545. The van der Waals surface area contributed by atoms with Crippen molar-refractivity contribution in [2.24, 2.45) is 4.40 Å². The third-order valence-corrected chi connectivity index (χ3v) is 4.38. The molecule has 1 fully saturated rings. The summed E-state index contributed by atoms with van der Waals surface area (Å²) in [4.78, 5) is 12.6. The highest BCUT2D eigenvalue weighted by Gasteiger charge is 2.19. The minimum atomic E-state index is -3.32. The Morgan fingerprint density at radius 3 is 2.29 bits per heavy atom. The molecule has 1 rings (SSSR count). The summed E-state index contributed by atoms with van der Waals surface area (Å²) in [6.07, 6.45) is 1.05. The van der Waals surface area contributed by atoms with E-state index in [0.29, 0.717) is 16.1 Å². The molecule has 0 N–H and O–H groups in total. The lowest BCUT2D eigenvalue weighted by atomic mass is 10.6. The maximum atomic E-state index is 10.9. The van der Waals surface area contributed by atoms with Crippen molar-refractivity contribution >= 4 is 43.8 Å². The Morgan fingerprint density at radius 2 is 1.93 bits per heavy atom. The van der Waals surface area contributed by atoms with Gasteiger partial charge in [-0.25, -0.2) is 8.42 Å². The Kier molecular flexibility index (Phi) is 3.85. The van der Waals surface area contributed by atoms with Gasteiger partial charge in [0.25, 0.3) is 10.0 Å². The third-order valence-electron chi connectivity index (χ3n) is 1.37. The van der Waals surface area contributed by atoms with Crippen LogP contribution in [0.25, 0.3) is 0 Å². The molecule has 0 aromatic carbocycles. The lowest BCUT2D eigenvalue weighted by Crippen LogP contribution is -2.31. The Balaban J connectivity index is 2.60. The summed E-state index contributed by atoms with van der Waals surface area (Å²) >= 11 is 2.53. The number of hydrogen-bond donors (Lipinski definition) is 0. The molecule has 1 saturated heterocycles.